The smallest absolute Gasteiger partial charge is 0.407 e. The molecule has 1 saturated carbocycles. The Morgan fingerprint density at radius 2 is 1.75 bits per heavy atom. The van der Waals surface area contributed by atoms with Crippen molar-refractivity contribution in [2.24, 2.45) is 7.05 Å². The Morgan fingerprint density at radius 1 is 0.931 bits per heavy atom. The third-order valence-electron chi connectivity index (χ3n) is 13.8. The minimum Gasteiger partial charge on any atom is -0.496 e. The van der Waals surface area contributed by atoms with E-state index in [0.717, 1.165) is 27.4 Å². The molecule has 0 spiro atoms. The number of hydrogen-bond acceptors (Lipinski definition) is 12. The van der Waals surface area contributed by atoms with Crippen LogP contribution in [-0.2, 0) is 37.4 Å². The monoisotopic (exact) mass is 979 g/mol. The molecular weight excluding hydrogens is 927 g/mol. The highest BCUT2D eigenvalue weighted by atomic mass is 16.5. The van der Waals surface area contributed by atoms with Gasteiger partial charge < -0.3 is 40.0 Å². The average molecular weight is 980 g/mol. The molecule has 3 aromatic carbocycles. The number of piperidine rings is 1. The molecule has 1 saturated heterocycles. The number of pyridine rings is 1. The maximum Gasteiger partial charge on any atom is 0.407 e. The molecule has 21 nitrogen and oxygen atoms in total. The lowest BCUT2D eigenvalue weighted by molar-refractivity contribution is -0.137. The van der Waals surface area contributed by atoms with Gasteiger partial charge in [-0.1, -0.05) is 12.1 Å². The molecule has 372 valence electrons. The second kappa shape index (κ2) is 19.1. The fourth-order valence-electron chi connectivity index (χ4n) is 10.4. The summed E-state index contributed by atoms with van der Waals surface area (Å²) in [6.45, 7) is 4.11. The van der Waals surface area contributed by atoms with Crippen LogP contribution in [0.1, 0.15) is 84.3 Å². The molecule has 7 aromatic rings. The van der Waals surface area contributed by atoms with Gasteiger partial charge >= 0.3 is 11.8 Å². The van der Waals surface area contributed by atoms with Gasteiger partial charge in [-0.25, -0.2) is 14.6 Å². The summed E-state index contributed by atoms with van der Waals surface area (Å²) < 4.78 is 21.7. The summed E-state index contributed by atoms with van der Waals surface area (Å²) in [5.41, 5.74) is 7.43. The van der Waals surface area contributed by atoms with Gasteiger partial charge in [-0.05, 0) is 93.1 Å². The second-order valence-corrected chi connectivity index (χ2v) is 18.6. The fourth-order valence-corrected chi connectivity index (χ4v) is 10.4. The first-order chi connectivity index (χ1) is 34.7. The van der Waals surface area contributed by atoms with Gasteiger partial charge in [-0.15, -0.1) is 0 Å². The number of anilines is 1. The number of nitrogens with one attached hydrogen (secondary N) is 5. The van der Waals surface area contributed by atoms with Crippen LogP contribution in [0.3, 0.4) is 0 Å². The van der Waals surface area contributed by atoms with Crippen molar-refractivity contribution in [2.75, 3.05) is 39.3 Å². The molecule has 0 bridgehead atoms. The van der Waals surface area contributed by atoms with E-state index in [9.17, 15) is 33.6 Å². The second-order valence-electron chi connectivity index (χ2n) is 18.6. The molecule has 5 N–H and O–H groups in total. The van der Waals surface area contributed by atoms with Crippen LogP contribution in [0.15, 0.2) is 71.8 Å². The van der Waals surface area contributed by atoms with E-state index in [1.54, 1.807) is 48.1 Å². The third kappa shape index (κ3) is 8.58. The first-order valence-electron chi connectivity index (χ1n) is 23.8. The predicted octanol–water partition coefficient (Wildman–Crippen LogP) is 5.09. The highest BCUT2D eigenvalue weighted by Gasteiger charge is 2.39. The number of fused-ring (bicyclic) bond motifs is 5. The highest BCUT2D eigenvalue weighted by Crippen LogP contribution is 2.44. The van der Waals surface area contributed by atoms with Crippen molar-refractivity contribution in [2.45, 2.75) is 76.7 Å². The van der Waals surface area contributed by atoms with E-state index in [4.69, 9.17) is 19.2 Å². The summed E-state index contributed by atoms with van der Waals surface area (Å²) in [6, 6.07) is 15.3. The number of aryl methyl sites for hydroxylation is 1. The van der Waals surface area contributed by atoms with Gasteiger partial charge in [-0.3, -0.25) is 43.1 Å². The maximum absolute atomic E-state index is 14.2. The lowest BCUT2D eigenvalue weighted by atomic mass is 9.96. The Morgan fingerprint density at radius 3 is 2.53 bits per heavy atom. The zero-order valence-corrected chi connectivity index (χ0v) is 40.3. The van der Waals surface area contributed by atoms with Crippen molar-refractivity contribution in [3.63, 3.8) is 0 Å². The number of nitrogens with zero attached hydrogens (tertiary/aromatic N) is 6. The van der Waals surface area contributed by atoms with Gasteiger partial charge in [0.2, 0.25) is 17.7 Å². The molecule has 21 heteroatoms. The Bertz CT molecular complexity index is 3440. The van der Waals surface area contributed by atoms with E-state index in [1.807, 2.05) is 33.6 Å². The van der Waals surface area contributed by atoms with Crippen molar-refractivity contribution in [3.05, 3.63) is 94.2 Å². The number of amides is 6. The number of rotatable bonds is 14. The van der Waals surface area contributed by atoms with Crippen LogP contribution >= 0.6 is 0 Å². The number of H-pyrrole nitrogens is 1. The van der Waals surface area contributed by atoms with Crippen molar-refractivity contribution in [1.82, 2.24) is 49.7 Å². The predicted molar refractivity (Wildman–Crippen MR) is 264 cm³/mol. The Hall–Kier alpha value is -8.33. The summed E-state index contributed by atoms with van der Waals surface area (Å²) in [4.78, 5) is 99.8. The molecular formula is C51H53N11O10. The SMILES string of the molecule is COC(=O)N[C@@H]1CC[C@@H](n2c(=O)n(C)c3cnc4[nH]c(-c5ccc(C(=O)NCCOCC(=O)Nc6ccc7c(c6)CN(C6CCC(=O)NC6=O)C7=O)c(OC)c5)c(-c5ccc6c(cnn6C(C)C)c5)c4c32)C1. The summed E-state index contributed by atoms with van der Waals surface area (Å²) in [5.74, 6) is -1.76. The van der Waals surface area contributed by atoms with Crippen molar-refractivity contribution >= 4 is 74.3 Å². The van der Waals surface area contributed by atoms with E-state index >= 15 is 0 Å². The number of ether oxygens (including phenoxy) is 3. The number of hydrogen-bond donors (Lipinski definition) is 5. The third-order valence-corrected chi connectivity index (χ3v) is 13.8. The minimum absolute atomic E-state index is 0.0212. The lowest BCUT2D eigenvalue weighted by Crippen LogP contribution is -2.52. The molecule has 2 fully saturated rings. The Kier molecular flexibility index (Phi) is 12.6. The van der Waals surface area contributed by atoms with Crippen molar-refractivity contribution in [3.8, 4) is 28.1 Å². The molecule has 3 atom stereocenters. The number of imide groups is 1. The number of alkyl carbamates (subject to hydrolysis) is 1. The number of carbonyl (C=O) groups excluding carboxylic acids is 6. The van der Waals surface area contributed by atoms with Gasteiger partial charge in [0.1, 0.15) is 24.0 Å². The van der Waals surface area contributed by atoms with Crippen LogP contribution in [0.2, 0.25) is 0 Å². The van der Waals surface area contributed by atoms with E-state index in [2.05, 4.69) is 51.3 Å². The summed E-state index contributed by atoms with van der Waals surface area (Å²) in [6.07, 6.45) is 5.27. The van der Waals surface area contributed by atoms with Gasteiger partial charge in [-0.2, -0.15) is 5.10 Å². The summed E-state index contributed by atoms with van der Waals surface area (Å²) in [5, 5.41) is 17.1. The zero-order valence-electron chi connectivity index (χ0n) is 40.3. The molecule has 10 rings (SSSR count). The molecule has 72 heavy (non-hydrogen) atoms. The van der Waals surface area contributed by atoms with Crippen molar-refractivity contribution < 1.29 is 43.0 Å². The Labute approximate surface area is 411 Å². The number of imidazole rings is 1. The lowest BCUT2D eigenvalue weighted by Gasteiger charge is -2.29. The maximum atomic E-state index is 14.2. The fraction of sp³-hybridized carbons (Fsp3) is 0.353. The van der Waals surface area contributed by atoms with Crippen LogP contribution in [-0.4, -0.2) is 115 Å². The van der Waals surface area contributed by atoms with Crippen LogP contribution in [0.25, 0.3) is 55.4 Å². The standard InChI is InChI=1S/C51H53N11O10/c1-26(2)62-36-13-7-27(18-29(36)22-54-62)42-43-45-38(59(3)51(69)61(45)33-10-8-32(21-33)56-50(68)71-5)23-53-46(43)58-44(42)28-6-11-35(39(20-28)70-4)47(65)52-16-17-72-25-41(64)55-31-9-12-34-30(19-31)24-60(49(34)67)37-14-15-40(63)57-48(37)66/h6-7,9,11-13,18-20,22-23,26,32-33,37H,8,10,14-17,21,24-25H2,1-5H3,(H,52,65)(H,53,58)(H,55,64)(H,56,68)(H,57,63,66)/t32-,33-,37?/m1/s1. The van der Waals surface area contributed by atoms with Gasteiger partial charge in [0.05, 0.1) is 66.4 Å². The number of aromatic nitrogens is 6. The highest BCUT2D eigenvalue weighted by molar-refractivity contribution is 6.15. The quantitative estimate of drug-likeness (QED) is 0.0706. The molecule has 4 aromatic heterocycles. The number of methoxy groups -OCH3 is 2. The topological polar surface area (TPSA) is 255 Å². The molecule has 2 aliphatic heterocycles. The van der Waals surface area contributed by atoms with Crippen LogP contribution in [0.4, 0.5) is 10.5 Å². The number of carbonyl (C=O) groups is 6. The minimum atomic E-state index is -0.747. The van der Waals surface area contributed by atoms with Gasteiger partial charge in [0.25, 0.3) is 11.8 Å². The van der Waals surface area contributed by atoms with Gasteiger partial charge in [0.15, 0.2) is 0 Å². The zero-order chi connectivity index (χ0) is 50.5. The van der Waals surface area contributed by atoms with Crippen LogP contribution in [0, 0.1) is 0 Å². The average Bonchev–Trinajstić information content (AvgIpc) is 4.20. The summed E-state index contributed by atoms with van der Waals surface area (Å²) in [7, 11) is 4.54. The van der Waals surface area contributed by atoms with E-state index in [1.165, 1.54) is 19.1 Å². The van der Waals surface area contributed by atoms with E-state index in [0.29, 0.717) is 69.8 Å². The largest absolute Gasteiger partial charge is 0.496 e. The first-order valence-corrected chi connectivity index (χ1v) is 23.8. The van der Waals surface area contributed by atoms with Crippen LogP contribution < -0.4 is 31.7 Å². The van der Waals surface area contributed by atoms with E-state index < -0.39 is 29.9 Å². The molecule has 1 unspecified atom stereocenters. The first kappa shape index (κ1) is 47.4. The molecule has 0 radical (unpaired) electrons. The normalized spacial score (nSPS) is 17.8. The van der Waals surface area contributed by atoms with Crippen LogP contribution in [0.5, 0.6) is 5.75 Å². The number of aromatic amines is 1. The molecule has 3 aliphatic rings. The number of benzene rings is 3. The Balaban J connectivity index is 0.868. The van der Waals surface area contributed by atoms with E-state index in [-0.39, 0.29) is 80.3 Å². The molecule has 6 heterocycles. The summed E-state index contributed by atoms with van der Waals surface area (Å²) >= 11 is 0. The van der Waals surface area contributed by atoms with Crippen molar-refractivity contribution in [1.29, 1.82) is 0 Å². The van der Waals surface area contributed by atoms with Gasteiger partial charge in [0, 0.05) is 72.4 Å². The molecule has 6 amide bonds. The molecule has 1 aliphatic carbocycles.